The maximum absolute atomic E-state index is 5.13. The predicted octanol–water partition coefficient (Wildman–Crippen LogP) is 0.859. The molecule has 0 spiro atoms. The number of hydrogen-bond acceptors (Lipinski definition) is 3. The highest BCUT2D eigenvalue weighted by molar-refractivity contribution is 7.80. The number of nitrogens with two attached hydrogens (primary N) is 1. The summed E-state index contributed by atoms with van der Waals surface area (Å²) in [7, 11) is 0. The minimum absolute atomic E-state index is 0.383. The lowest BCUT2D eigenvalue weighted by molar-refractivity contribution is 1.04. The number of thiocarbonyl (C=S) groups is 1. The molecule has 0 aromatic carbocycles. The molecule has 0 radical (unpaired) electrons. The largest absolute Gasteiger partial charge is 0.330 e. The fourth-order valence-electron chi connectivity index (χ4n) is 0.977. The number of hydrazine groups is 1. The number of anilines is 1. The van der Waals surface area contributed by atoms with Crippen molar-refractivity contribution in [2.45, 2.75) is 13.8 Å². The lowest BCUT2D eigenvalue weighted by atomic mass is 10.3. The Balaban J connectivity index is 2.83. The van der Waals surface area contributed by atoms with Crippen LogP contribution >= 0.6 is 12.2 Å². The molecule has 0 aliphatic carbocycles. The van der Waals surface area contributed by atoms with Gasteiger partial charge < -0.3 is 10.7 Å². The van der Waals surface area contributed by atoms with E-state index in [2.05, 4.69) is 15.7 Å². The van der Waals surface area contributed by atoms with Gasteiger partial charge in [-0.1, -0.05) is 0 Å². The Morgan fingerprint density at radius 2 is 2.15 bits per heavy atom. The molecule has 5 heteroatoms. The number of nitrogens with zero attached hydrogens (tertiary/aromatic N) is 1. The molecule has 4 nitrogen and oxygen atoms in total. The second-order valence-electron chi connectivity index (χ2n) is 2.68. The zero-order valence-corrected chi connectivity index (χ0v) is 8.40. The van der Waals surface area contributed by atoms with Crippen LogP contribution < -0.4 is 16.6 Å². The Hall–Kier alpha value is -1.20. The van der Waals surface area contributed by atoms with Gasteiger partial charge in [0.2, 0.25) is 0 Å². The second-order valence-corrected chi connectivity index (χ2v) is 3.09. The molecule has 0 unspecified atom stereocenters. The highest BCUT2D eigenvalue weighted by Crippen LogP contribution is 2.11. The molecule has 0 bridgehead atoms. The van der Waals surface area contributed by atoms with Crippen LogP contribution in [-0.2, 0) is 0 Å². The average molecular weight is 196 g/mol. The van der Waals surface area contributed by atoms with Crippen molar-refractivity contribution in [2.24, 2.45) is 5.84 Å². The highest BCUT2D eigenvalue weighted by atomic mass is 32.1. The maximum atomic E-state index is 5.13. The quantitative estimate of drug-likeness (QED) is 0.353. The molecule has 0 aliphatic heterocycles. The molecule has 0 fully saturated rings. The summed E-state index contributed by atoms with van der Waals surface area (Å²) in [4.78, 5) is 4.27. The van der Waals surface area contributed by atoms with Gasteiger partial charge in [0.15, 0.2) is 5.11 Å². The minimum Gasteiger partial charge on any atom is -0.330 e. The lowest BCUT2D eigenvalue weighted by Gasteiger charge is -2.09. The molecule has 1 heterocycles. The van der Waals surface area contributed by atoms with Crippen molar-refractivity contribution in [3.63, 3.8) is 0 Å². The summed E-state index contributed by atoms with van der Waals surface area (Å²) in [6.45, 7) is 3.85. The molecule has 1 aromatic heterocycles. The summed E-state index contributed by atoms with van der Waals surface area (Å²) in [5, 5.41) is 3.30. The van der Waals surface area contributed by atoms with Gasteiger partial charge in [0, 0.05) is 5.69 Å². The van der Waals surface area contributed by atoms with Crippen molar-refractivity contribution in [2.75, 3.05) is 5.32 Å². The zero-order chi connectivity index (χ0) is 9.84. The van der Waals surface area contributed by atoms with E-state index in [1.807, 2.05) is 26.0 Å². The Kier molecular flexibility index (Phi) is 3.16. The van der Waals surface area contributed by atoms with Gasteiger partial charge >= 0.3 is 0 Å². The van der Waals surface area contributed by atoms with E-state index in [4.69, 9.17) is 18.1 Å². The van der Waals surface area contributed by atoms with E-state index in [1.165, 1.54) is 0 Å². The first-order valence-corrected chi connectivity index (χ1v) is 4.26. The van der Waals surface area contributed by atoms with E-state index in [-0.39, 0.29) is 0 Å². The van der Waals surface area contributed by atoms with Gasteiger partial charge in [-0.05, 0) is 38.2 Å². The molecule has 13 heavy (non-hydrogen) atoms. The van der Waals surface area contributed by atoms with Gasteiger partial charge in [-0.3, -0.25) is 4.98 Å². The van der Waals surface area contributed by atoms with Crippen LogP contribution in [0.4, 0.5) is 5.69 Å². The van der Waals surface area contributed by atoms with Gasteiger partial charge in [-0.15, -0.1) is 0 Å². The molecule has 0 saturated heterocycles. The van der Waals surface area contributed by atoms with Gasteiger partial charge in [0.1, 0.15) is 0 Å². The predicted molar refractivity (Wildman–Crippen MR) is 57.3 cm³/mol. The van der Waals surface area contributed by atoms with E-state index in [0.29, 0.717) is 5.11 Å². The van der Waals surface area contributed by atoms with Crippen molar-refractivity contribution >= 4 is 23.0 Å². The third kappa shape index (κ3) is 2.64. The Bertz CT molecular complexity index is 324. The van der Waals surface area contributed by atoms with Gasteiger partial charge in [-0.25, -0.2) is 5.84 Å². The molecule has 70 valence electrons. The van der Waals surface area contributed by atoms with Crippen LogP contribution in [-0.4, -0.2) is 10.1 Å². The highest BCUT2D eigenvalue weighted by Gasteiger charge is 2.00. The number of nitrogens with one attached hydrogen (secondary N) is 2. The summed E-state index contributed by atoms with van der Waals surface area (Å²) in [6.07, 6.45) is 0. The summed E-state index contributed by atoms with van der Waals surface area (Å²) in [5.74, 6) is 5.13. The van der Waals surface area contributed by atoms with E-state index >= 15 is 0 Å². The second kappa shape index (κ2) is 4.15. The normalized spacial score (nSPS) is 9.46. The van der Waals surface area contributed by atoms with Crippen LogP contribution in [0.2, 0.25) is 0 Å². The zero-order valence-electron chi connectivity index (χ0n) is 7.59. The summed E-state index contributed by atoms with van der Waals surface area (Å²) in [6, 6.07) is 3.83. The van der Waals surface area contributed by atoms with Crippen LogP contribution in [0.3, 0.4) is 0 Å². The molecule has 0 atom stereocenters. The first kappa shape index (κ1) is 9.88. The smallest absolute Gasteiger partial charge is 0.185 e. The fourth-order valence-corrected chi connectivity index (χ4v) is 1.09. The number of aromatic nitrogens is 1. The van der Waals surface area contributed by atoms with Crippen LogP contribution in [0.1, 0.15) is 11.4 Å². The molecule has 1 rings (SSSR count). The third-order valence-corrected chi connectivity index (χ3v) is 1.82. The molecule has 0 saturated carbocycles. The average Bonchev–Trinajstić information content (AvgIpc) is 2.09. The third-order valence-electron chi connectivity index (χ3n) is 1.60. The minimum atomic E-state index is 0.383. The first-order chi connectivity index (χ1) is 6.13. The topological polar surface area (TPSA) is 63.0 Å². The molecular formula is C8H12N4S. The van der Waals surface area contributed by atoms with Gasteiger partial charge in [-0.2, -0.15) is 0 Å². The first-order valence-electron chi connectivity index (χ1n) is 3.85. The van der Waals surface area contributed by atoms with Crippen molar-refractivity contribution in [3.05, 3.63) is 23.5 Å². The Morgan fingerprint density at radius 1 is 1.46 bits per heavy atom. The van der Waals surface area contributed by atoms with Crippen molar-refractivity contribution in [3.8, 4) is 0 Å². The number of rotatable bonds is 1. The standard InChI is InChI=1S/C8H12N4S/c1-5-3-4-7(6(2)10-5)11-8(13)12-9/h3-4H,9H2,1-2H3,(H2,11,12,13). The van der Waals surface area contributed by atoms with Gasteiger partial charge in [0.05, 0.1) is 11.4 Å². The summed E-state index contributed by atoms with van der Waals surface area (Å²) in [5.41, 5.74) is 5.10. The van der Waals surface area contributed by atoms with Crippen LogP contribution in [0.25, 0.3) is 0 Å². The Labute approximate surface area is 82.5 Å². The van der Waals surface area contributed by atoms with Crippen molar-refractivity contribution < 1.29 is 0 Å². The van der Waals surface area contributed by atoms with Gasteiger partial charge in [0.25, 0.3) is 0 Å². The van der Waals surface area contributed by atoms with Crippen LogP contribution in [0.5, 0.6) is 0 Å². The van der Waals surface area contributed by atoms with E-state index in [0.717, 1.165) is 17.1 Å². The Morgan fingerprint density at radius 3 is 2.69 bits per heavy atom. The lowest BCUT2D eigenvalue weighted by Crippen LogP contribution is -2.34. The molecule has 4 N–H and O–H groups in total. The summed E-state index contributed by atoms with van der Waals surface area (Å²) < 4.78 is 0. The number of hydrogen-bond donors (Lipinski definition) is 3. The maximum Gasteiger partial charge on any atom is 0.185 e. The number of pyridine rings is 1. The van der Waals surface area contributed by atoms with E-state index < -0.39 is 0 Å². The van der Waals surface area contributed by atoms with E-state index in [9.17, 15) is 0 Å². The van der Waals surface area contributed by atoms with Crippen LogP contribution in [0, 0.1) is 13.8 Å². The fraction of sp³-hybridized carbons (Fsp3) is 0.250. The van der Waals surface area contributed by atoms with Crippen LogP contribution in [0.15, 0.2) is 12.1 Å². The van der Waals surface area contributed by atoms with Crippen molar-refractivity contribution in [1.82, 2.24) is 10.4 Å². The molecule has 0 amide bonds. The molecular weight excluding hydrogens is 184 g/mol. The number of aryl methyl sites for hydroxylation is 2. The molecule has 1 aromatic rings. The van der Waals surface area contributed by atoms with E-state index in [1.54, 1.807) is 0 Å². The monoisotopic (exact) mass is 196 g/mol. The summed E-state index contributed by atoms with van der Waals surface area (Å²) >= 11 is 4.85. The van der Waals surface area contributed by atoms with Crippen molar-refractivity contribution in [1.29, 1.82) is 0 Å². The molecule has 0 aliphatic rings. The SMILES string of the molecule is Cc1ccc(NC(=S)NN)c(C)n1.